The van der Waals surface area contributed by atoms with Crippen LogP contribution in [0.25, 0.3) is 0 Å². The molecule has 304 valence electrons. The second kappa shape index (κ2) is 20.9. The van der Waals surface area contributed by atoms with Crippen molar-refractivity contribution < 1.29 is 34.2 Å². The molecular formula is C44H53ClN4O7S. The highest BCUT2D eigenvalue weighted by Gasteiger charge is 2.27. The lowest BCUT2D eigenvalue weighted by Gasteiger charge is -2.32. The first-order valence-electron chi connectivity index (χ1n) is 19.3. The fraction of sp³-hybridized carbons (Fsp3) is 0.386. The van der Waals surface area contributed by atoms with Crippen LogP contribution >= 0.6 is 23.7 Å². The summed E-state index contributed by atoms with van der Waals surface area (Å²) in [5.41, 5.74) is 5.97. The molecule has 0 aliphatic heterocycles. The van der Waals surface area contributed by atoms with E-state index in [4.69, 9.17) is 10.2 Å². The molecule has 57 heavy (non-hydrogen) atoms. The van der Waals surface area contributed by atoms with Crippen molar-refractivity contribution in [3.8, 4) is 0 Å². The summed E-state index contributed by atoms with van der Waals surface area (Å²) in [4.78, 5) is 67.7. The first-order chi connectivity index (χ1) is 26.8. The molecule has 11 nitrogen and oxygen atoms in total. The zero-order chi connectivity index (χ0) is 40.4. The van der Waals surface area contributed by atoms with Crippen LogP contribution in [0.1, 0.15) is 112 Å². The summed E-state index contributed by atoms with van der Waals surface area (Å²) in [6, 6.07) is 22.1. The third-order valence-corrected chi connectivity index (χ3v) is 11.4. The van der Waals surface area contributed by atoms with Gasteiger partial charge in [-0.1, -0.05) is 36.4 Å². The second-order valence-corrected chi connectivity index (χ2v) is 16.0. The normalized spacial score (nSPS) is 12.2. The summed E-state index contributed by atoms with van der Waals surface area (Å²) < 4.78 is 0. The Labute approximate surface area is 344 Å². The van der Waals surface area contributed by atoms with Gasteiger partial charge in [-0.3, -0.25) is 24.1 Å². The fourth-order valence-electron chi connectivity index (χ4n) is 6.95. The van der Waals surface area contributed by atoms with Crippen LogP contribution in [0.4, 0.5) is 10.7 Å². The van der Waals surface area contributed by atoms with Crippen molar-refractivity contribution >= 4 is 64.1 Å². The van der Waals surface area contributed by atoms with Crippen molar-refractivity contribution in [1.29, 1.82) is 0 Å². The summed E-state index contributed by atoms with van der Waals surface area (Å²) in [5, 5.41) is 24.9. The number of hydrogen-bond acceptors (Lipinski definition) is 7. The number of aliphatic carboxylic acids is 1. The monoisotopic (exact) mass is 816 g/mol. The van der Waals surface area contributed by atoms with Gasteiger partial charge in [0.25, 0.3) is 11.8 Å². The Bertz CT molecular complexity index is 2030. The van der Waals surface area contributed by atoms with Gasteiger partial charge in [-0.05, 0) is 125 Å². The molecule has 1 aliphatic carbocycles. The Morgan fingerprint density at radius 3 is 1.98 bits per heavy atom. The zero-order valence-corrected chi connectivity index (χ0v) is 34.6. The van der Waals surface area contributed by atoms with E-state index in [0.29, 0.717) is 41.4 Å². The van der Waals surface area contributed by atoms with Gasteiger partial charge < -0.3 is 25.7 Å². The number of carbonyl (C=O) groups excluding carboxylic acids is 3. The highest BCUT2D eigenvalue weighted by Crippen LogP contribution is 2.39. The van der Waals surface area contributed by atoms with Crippen LogP contribution in [0.5, 0.6) is 0 Å². The molecule has 0 atom stereocenters. The molecule has 4 aromatic rings. The zero-order valence-electron chi connectivity index (χ0n) is 33.0. The third kappa shape index (κ3) is 12.5. The van der Waals surface area contributed by atoms with Crippen LogP contribution in [0, 0.1) is 0 Å². The van der Waals surface area contributed by atoms with Crippen LogP contribution in [0.3, 0.4) is 0 Å². The van der Waals surface area contributed by atoms with E-state index in [0.717, 1.165) is 65.7 Å². The predicted molar refractivity (Wildman–Crippen MR) is 227 cm³/mol. The molecule has 0 fully saturated rings. The maximum Gasteiger partial charge on any atom is 0.335 e. The van der Waals surface area contributed by atoms with Gasteiger partial charge in [0.2, 0.25) is 5.91 Å². The van der Waals surface area contributed by atoms with E-state index >= 15 is 0 Å². The number of fused-ring (bicyclic) bond motifs is 1. The molecule has 1 aromatic heterocycles. The lowest BCUT2D eigenvalue weighted by Crippen LogP contribution is -2.44. The number of aromatic carboxylic acids is 1. The minimum Gasteiger partial charge on any atom is -0.481 e. The molecule has 0 radical (unpaired) electrons. The maximum absolute atomic E-state index is 13.9. The molecule has 3 amide bonds. The Kier molecular flexibility index (Phi) is 16.4. The van der Waals surface area contributed by atoms with Crippen LogP contribution in [0.2, 0.25) is 0 Å². The first-order valence-corrected chi connectivity index (χ1v) is 20.1. The molecule has 0 unspecified atom stereocenters. The summed E-state index contributed by atoms with van der Waals surface area (Å²) in [7, 11) is 0. The number of aryl methyl sites for hydroxylation is 3. The van der Waals surface area contributed by atoms with Gasteiger partial charge in [0, 0.05) is 54.3 Å². The number of thiophene rings is 1. The van der Waals surface area contributed by atoms with Gasteiger partial charge >= 0.3 is 11.9 Å². The second-order valence-electron chi connectivity index (χ2n) is 14.9. The van der Waals surface area contributed by atoms with Crippen molar-refractivity contribution in [3.63, 3.8) is 0 Å². The van der Waals surface area contributed by atoms with Gasteiger partial charge in [0.15, 0.2) is 0 Å². The number of carboxylic acid groups (broad SMARTS) is 2. The summed E-state index contributed by atoms with van der Waals surface area (Å²) in [5.74, 6) is -2.68. The Balaban J connectivity index is 0.00000720. The van der Waals surface area contributed by atoms with Crippen LogP contribution in [0.15, 0.2) is 72.8 Å². The Morgan fingerprint density at radius 2 is 1.37 bits per heavy atom. The SMILES string of the molecule is CC(C)N(CCN(C(=O)CCC(=O)O)C(C)C)Cc1cccc(C(=O)Nc2sc3c(c2C(=O)Nc2ccc(CCc4ccc(C(=O)O)cc4)cc2)CCCC3)c1.Cl. The van der Waals surface area contributed by atoms with Crippen molar-refractivity contribution in [1.82, 2.24) is 9.80 Å². The minimum absolute atomic E-state index is 0. The fourth-order valence-corrected chi connectivity index (χ4v) is 8.23. The molecular weight excluding hydrogens is 764 g/mol. The van der Waals surface area contributed by atoms with Crippen molar-refractivity contribution in [2.45, 2.75) is 97.7 Å². The van der Waals surface area contributed by atoms with Crippen molar-refractivity contribution in [2.24, 2.45) is 0 Å². The number of amides is 3. The summed E-state index contributed by atoms with van der Waals surface area (Å²) in [6.07, 6.45) is 4.94. The van der Waals surface area contributed by atoms with E-state index < -0.39 is 11.9 Å². The molecule has 4 N–H and O–H groups in total. The Hall–Kier alpha value is -5.04. The number of benzene rings is 3. The number of hydrogen-bond donors (Lipinski definition) is 4. The van der Waals surface area contributed by atoms with Crippen LogP contribution in [-0.4, -0.2) is 74.8 Å². The topological polar surface area (TPSA) is 156 Å². The molecule has 0 spiro atoms. The van der Waals surface area contributed by atoms with E-state index in [1.807, 2.05) is 68.4 Å². The van der Waals surface area contributed by atoms with Crippen LogP contribution in [-0.2, 0) is 41.8 Å². The molecule has 0 saturated heterocycles. The number of carboxylic acids is 2. The highest BCUT2D eigenvalue weighted by atomic mass is 35.5. The Morgan fingerprint density at radius 1 is 0.719 bits per heavy atom. The van der Waals surface area contributed by atoms with E-state index in [9.17, 15) is 24.0 Å². The lowest BCUT2D eigenvalue weighted by molar-refractivity contribution is -0.141. The average molecular weight is 817 g/mol. The number of nitrogens with one attached hydrogen (secondary N) is 2. The van der Waals surface area contributed by atoms with Gasteiger partial charge in [0.1, 0.15) is 5.00 Å². The highest BCUT2D eigenvalue weighted by molar-refractivity contribution is 7.17. The van der Waals surface area contributed by atoms with Gasteiger partial charge in [0.05, 0.1) is 17.5 Å². The number of halogens is 1. The molecule has 0 bridgehead atoms. The largest absolute Gasteiger partial charge is 0.481 e. The first kappa shape index (κ1) is 44.7. The van der Waals surface area contributed by atoms with Crippen molar-refractivity contribution in [3.05, 3.63) is 117 Å². The number of anilines is 2. The van der Waals surface area contributed by atoms with Gasteiger partial charge in [-0.15, -0.1) is 23.7 Å². The molecule has 1 heterocycles. The van der Waals surface area contributed by atoms with Crippen LogP contribution < -0.4 is 10.6 Å². The summed E-state index contributed by atoms with van der Waals surface area (Å²) in [6.45, 7) is 9.59. The lowest BCUT2D eigenvalue weighted by atomic mass is 9.95. The molecule has 3 aromatic carbocycles. The number of rotatable bonds is 18. The van der Waals surface area contributed by atoms with E-state index in [1.54, 1.807) is 23.1 Å². The van der Waals surface area contributed by atoms with Gasteiger partial charge in [-0.2, -0.15) is 0 Å². The van der Waals surface area contributed by atoms with E-state index in [1.165, 1.54) is 11.3 Å². The quantitative estimate of drug-likeness (QED) is 0.0781. The molecule has 1 aliphatic rings. The van der Waals surface area contributed by atoms with Gasteiger partial charge in [-0.25, -0.2) is 4.79 Å². The number of nitrogens with zero attached hydrogens (tertiary/aromatic N) is 2. The standard InChI is InChI=1S/C44H52N4O7S.ClH/c1-28(2)47(24-25-48(29(3)4)38(49)22-23-39(50)51)27-32-8-7-9-34(26-32)41(52)46-43-40(36-10-5-6-11-37(36)56-43)42(53)45-35-20-16-31(17-21-35)13-12-30-14-18-33(19-15-30)44(54)55;/h7-9,14-21,26,28-29H,5-6,10-13,22-25,27H2,1-4H3,(H,45,53)(H,46,52)(H,50,51)(H,54,55);1H. The smallest absolute Gasteiger partial charge is 0.335 e. The van der Waals surface area contributed by atoms with E-state index in [2.05, 4.69) is 29.4 Å². The molecule has 5 rings (SSSR count). The van der Waals surface area contributed by atoms with Crippen molar-refractivity contribution in [2.75, 3.05) is 23.7 Å². The summed E-state index contributed by atoms with van der Waals surface area (Å²) >= 11 is 1.47. The molecule has 0 saturated carbocycles. The minimum atomic E-state index is -0.993. The predicted octanol–water partition coefficient (Wildman–Crippen LogP) is 8.35. The molecule has 13 heteroatoms. The third-order valence-electron chi connectivity index (χ3n) is 10.2. The maximum atomic E-state index is 13.9. The van der Waals surface area contributed by atoms with E-state index in [-0.39, 0.29) is 60.6 Å². The average Bonchev–Trinajstić information content (AvgIpc) is 3.54. The number of carbonyl (C=O) groups is 5.